The maximum atomic E-state index is 12.4. The molecule has 0 saturated heterocycles. The van der Waals surface area contributed by atoms with Crippen molar-refractivity contribution in [3.05, 3.63) is 82.0 Å². The van der Waals surface area contributed by atoms with E-state index >= 15 is 0 Å². The van der Waals surface area contributed by atoms with Gasteiger partial charge in [-0.25, -0.2) is 4.79 Å². The van der Waals surface area contributed by atoms with Crippen molar-refractivity contribution in [2.24, 2.45) is 0 Å². The number of thiophene rings is 1. The summed E-state index contributed by atoms with van der Waals surface area (Å²) in [5.74, 6) is -1.00. The Labute approximate surface area is 166 Å². The molecule has 1 atom stereocenters. The van der Waals surface area contributed by atoms with Crippen molar-refractivity contribution in [1.29, 1.82) is 0 Å². The van der Waals surface area contributed by atoms with Crippen LogP contribution in [-0.2, 0) is 9.53 Å². The van der Waals surface area contributed by atoms with Crippen molar-refractivity contribution in [2.75, 3.05) is 6.61 Å². The summed E-state index contributed by atoms with van der Waals surface area (Å²) in [5, 5.41) is 13.7. The molecule has 1 heterocycles. The average Bonchev–Trinajstić information content (AvgIpc) is 3.32. The van der Waals surface area contributed by atoms with Crippen LogP contribution in [0.3, 0.4) is 0 Å². The zero-order valence-electron chi connectivity index (χ0n) is 15.0. The Balaban J connectivity index is 1.47. The van der Waals surface area contributed by atoms with Gasteiger partial charge in [0.1, 0.15) is 6.61 Å². The third kappa shape index (κ3) is 3.64. The number of aliphatic carboxylic acids is 1. The molecule has 1 aliphatic carbocycles. The van der Waals surface area contributed by atoms with Crippen LogP contribution in [0.5, 0.6) is 0 Å². The molecule has 2 aromatic carbocycles. The number of rotatable bonds is 6. The summed E-state index contributed by atoms with van der Waals surface area (Å²) in [6.07, 6.45) is -0.799. The summed E-state index contributed by atoms with van der Waals surface area (Å²) in [7, 11) is 0. The molecular formula is C22H19NO4S. The largest absolute Gasteiger partial charge is 0.481 e. The fourth-order valence-corrected chi connectivity index (χ4v) is 4.45. The van der Waals surface area contributed by atoms with Gasteiger partial charge in [0, 0.05) is 10.8 Å². The number of hydrogen-bond donors (Lipinski definition) is 2. The molecule has 0 saturated carbocycles. The molecular weight excluding hydrogens is 374 g/mol. The van der Waals surface area contributed by atoms with Gasteiger partial charge in [0.2, 0.25) is 0 Å². The highest BCUT2D eigenvalue weighted by Crippen LogP contribution is 2.44. The fourth-order valence-electron chi connectivity index (χ4n) is 3.67. The van der Waals surface area contributed by atoms with Crippen LogP contribution in [0.15, 0.2) is 66.0 Å². The molecule has 0 aliphatic heterocycles. The Kier molecular flexibility index (Phi) is 5.12. The van der Waals surface area contributed by atoms with Gasteiger partial charge in [-0.1, -0.05) is 54.6 Å². The molecule has 0 radical (unpaired) electrons. The quantitative estimate of drug-likeness (QED) is 0.631. The van der Waals surface area contributed by atoms with Crippen molar-refractivity contribution >= 4 is 23.4 Å². The van der Waals surface area contributed by atoms with E-state index < -0.39 is 18.1 Å². The molecule has 1 aromatic heterocycles. The highest BCUT2D eigenvalue weighted by Gasteiger charge is 2.29. The van der Waals surface area contributed by atoms with E-state index in [0.717, 1.165) is 27.1 Å². The Bertz CT molecular complexity index is 954. The van der Waals surface area contributed by atoms with Gasteiger partial charge in [-0.15, -0.1) is 11.3 Å². The molecule has 1 amide bonds. The van der Waals surface area contributed by atoms with Gasteiger partial charge in [0.05, 0.1) is 12.5 Å². The van der Waals surface area contributed by atoms with Crippen LogP contribution in [0.25, 0.3) is 11.1 Å². The van der Waals surface area contributed by atoms with E-state index in [2.05, 4.69) is 29.6 Å². The molecule has 0 bridgehead atoms. The maximum absolute atomic E-state index is 12.4. The van der Waals surface area contributed by atoms with Gasteiger partial charge in [0.15, 0.2) is 0 Å². The summed E-state index contributed by atoms with van der Waals surface area (Å²) in [5.41, 5.74) is 4.59. The molecule has 2 N–H and O–H groups in total. The highest BCUT2D eigenvalue weighted by molar-refractivity contribution is 7.10. The summed E-state index contributed by atoms with van der Waals surface area (Å²) in [6, 6.07) is 19.3. The van der Waals surface area contributed by atoms with Crippen LogP contribution in [0.1, 0.15) is 34.4 Å². The van der Waals surface area contributed by atoms with Gasteiger partial charge in [-0.3, -0.25) is 4.79 Å². The molecule has 0 spiro atoms. The Morgan fingerprint density at radius 3 is 2.21 bits per heavy atom. The standard InChI is InChI=1S/C22H19NO4S/c24-21(25)12-19(20-10-5-11-28-20)23-22(26)27-13-18-16-8-3-1-6-14(16)15-7-2-4-9-17(15)18/h1-11,18-19H,12-13H2,(H,23,26)(H,24,25)/t19-/m1/s1. The van der Waals surface area contributed by atoms with Gasteiger partial charge in [0.25, 0.3) is 0 Å². The number of carboxylic acid groups (broad SMARTS) is 1. The van der Waals surface area contributed by atoms with Gasteiger partial charge in [-0.2, -0.15) is 0 Å². The lowest BCUT2D eigenvalue weighted by Crippen LogP contribution is -2.31. The Morgan fingerprint density at radius 1 is 1.00 bits per heavy atom. The number of hydrogen-bond acceptors (Lipinski definition) is 4. The fraction of sp³-hybridized carbons (Fsp3) is 0.182. The lowest BCUT2D eigenvalue weighted by molar-refractivity contribution is -0.137. The van der Waals surface area contributed by atoms with Crippen LogP contribution in [-0.4, -0.2) is 23.8 Å². The normalized spacial score (nSPS) is 13.4. The van der Waals surface area contributed by atoms with E-state index in [1.54, 1.807) is 0 Å². The second kappa shape index (κ2) is 7.86. The molecule has 5 nitrogen and oxygen atoms in total. The molecule has 28 heavy (non-hydrogen) atoms. The monoisotopic (exact) mass is 393 g/mol. The van der Waals surface area contributed by atoms with Crippen LogP contribution in [0.4, 0.5) is 4.79 Å². The summed E-state index contributed by atoms with van der Waals surface area (Å²) >= 11 is 1.41. The lowest BCUT2D eigenvalue weighted by atomic mass is 9.98. The third-order valence-corrected chi connectivity index (χ3v) is 5.89. The van der Waals surface area contributed by atoms with E-state index in [1.165, 1.54) is 11.3 Å². The molecule has 0 fully saturated rings. The maximum Gasteiger partial charge on any atom is 0.407 e. The highest BCUT2D eigenvalue weighted by atomic mass is 32.1. The zero-order chi connectivity index (χ0) is 19.5. The molecule has 1 aliphatic rings. The third-order valence-electron chi connectivity index (χ3n) is 4.90. The van der Waals surface area contributed by atoms with Crippen molar-refractivity contribution in [3.8, 4) is 11.1 Å². The summed E-state index contributed by atoms with van der Waals surface area (Å²) in [4.78, 5) is 24.3. The summed E-state index contributed by atoms with van der Waals surface area (Å²) < 4.78 is 5.51. The van der Waals surface area contributed by atoms with E-state index in [4.69, 9.17) is 9.84 Å². The van der Waals surface area contributed by atoms with Crippen molar-refractivity contribution in [2.45, 2.75) is 18.4 Å². The second-order valence-corrected chi connectivity index (χ2v) is 7.62. The van der Waals surface area contributed by atoms with Crippen molar-refractivity contribution in [3.63, 3.8) is 0 Å². The van der Waals surface area contributed by atoms with Gasteiger partial charge >= 0.3 is 12.1 Å². The van der Waals surface area contributed by atoms with Crippen LogP contribution < -0.4 is 5.32 Å². The van der Waals surface area contributed by atoms with Crippen LogP contribution in [0, 0.1) is 0 Å². The van der Waals surface area contributed by atoms with Crippen molar-refractivity contribution in [1.82, 2.24) is 5.32 Å². The van der Waals surface area contributed by atoms with E-state index in [-0.39, 0.29) is 18.9 Å². The zero-order valence-corrected chi connectivity index (χ0v) is 15.8. The topological polar surface area (TPSA) is 75.6 Å². The van der Waals surface area contributed by atoms with Gasteiger partial charge in [-0.05, 0) is 33.7 Å². The number of carboxylic acids is 1. The first-order valence-electron chi connectivity index (χ1n) is 9.00. The first kappa shape index (κ1) is 18.3. The number of nitrogens with one attached hydrogen (secondary N) is 1. The number of fused-ring (bicyclic) bond motifs is 3. The first-order chi connectivity index (χ1) is 13.6. The number of ether oxygens (including phenoxy) is 1. The summed E-state index contributed by atoms with van der Waals surface area (Å²) in [6.45, 7) is 0.199. The minimum atomic E-state index is -0.975. The predicted molar refractivity (Wildman–Crippen MR) is 108 cm³/mol. The molecule has 142 valence electrons. The van der Waals surface area contributed by atoms with E-state index in [9.17, 15) is 9.59 Å². The van der Waals surface area contributed by atoms with Crippen molar-refractivity contribution < 1.29 is 19.4 Å². The minimum Gasteiger partial charge on any atom is -0.481 e. The first-order valence-corrected chi connectivity index (χ1v) is 9.88. The van der Waals surface area contributed by atoms with Crippen LogP contribution >= 0.6 is 11.3 Å². The van der Waals surface area contributed by atoms with E-state index in [0.29, 0.717) is 0 Å². The van der Waals surface area contributed by atoms with E-state index in [1.807, 2.05) is 41.8 Å². The Hall–Kier alpha value is -3.12. The molecule has 6 heteroatoms. The number of benzene rings is 2. The minimum absolute atomic E-state index is 0.0298. The smallest absolute Gasteiger partial charge is 0.407 e. The van der Waals surface area contributed by atoms with Gasteiger partial charge < -0.3 is 15.2 Å². The second-order valence-electron chi connectivity index (χ2n) is 6.64. The number of carbonyl (C=O) groups is 2. The Morgan fingerprint density at radius 2 is 1.64 bits per heavy atom. The number of alkyl carbamates (subject to hydrolysis) is 1. The van der Waals surface area contributed by atoms with Crippen LogP contribution in [0.2, 0.25) is 0 Å². The molecule has 0 unspecified atom stereocenters. The average molecular weight is 393 g/mol. The SMILES string of the molecule is O=C(O)C[C@@H](NC(=O)OCC1c2ccccc2-c2ccccc21)c1cccs1. The molecule has 3 aromatic rings. The molecule has 4 rings (SSSR count). The lowest BCUT2D eigenvalue weighted by Gasteiger charge is -2.18. The number of amides is 1. The predicted octanol–water partition coefficient (Wildman–Crippen LogP) is 4.80. The number of carbonyl (C=O) groups excluding carboxylic acids is 1.